The number of hydrogen-bond donors (Lipinski definition) is 2. The summed E-state index contributed by atoms with van der Waals surface area (Å²) in [6.45, 7) is 0.344. The number of nitrogens with two attached hydrogens (primary N) is 1. The van der Waals surface area contributed by atoms with Crippen molar-refractivity contribution in [2.24, 2.45) is 5.73 Å². The third-order valence-electron chi connectivity index (χ3n) is 2.62. The van der Waals surface area contributed by atoms with Gasteiger partial charge >= 0.3 is 0 Å². The molecule has 2 rings (SSSR count). The van der Waals surface area contributed by atoms with E-state index in [2.05, 4.69) is 5.32 Å². The van der Waals surface area contributed by atoms with E-state index in [1.165, 1.54) is 0 Å². The van der Waals surface area contributed by atoms with Crippen LogP contribution >= 0.6 is 23.2 Å². The van der Waals surface area contributed by atoms with Crippen molar-refractivity contribution in [2.75, 3.05) is 6.54 Å². The van der Waals surface area contributed by atoms with Crippen molar-refractivity contribution in [1.29, 1.82) is 5.26 Å². The Morgan fingerprint density at radius 1 is 1.47 bits per heavy atom. The van der Waals surface area contributed by atoms with E-state index in [1.807, 2.05) is 0 Å². The van der Waals surface area contributed by atoms with Crippen molar-refractivity contribution in [3.63, 3.8) is 0 Å². The number of benzene rings is 1. The third-order valence-corrected chi connectivity index (χ3v) is 3.27. The van der Waals surface area contributed by atoms with Crippen LogP contribution in [0.1, 0.15) is 11.7 Å². The van der Waals surface area contributed by atoms with Crippen LogP contribution in [0.25, 0.3) is 0 Å². The maximum atomic E-state index is 11.1. The summed E-state index contributed by atoms with van der Waals surface area (Å²) >= 11 is 12.1. The Bertz CT molecular complexity index is 587. The molecule has 1 aliphatic rings. The predicted molar refractivity (Wildman–Crippen MR) is 70.1 cm³/mol. The van der Waals surface area contributed by atoms with Crippen LogP contribution in [-0.4, -0.2) is 12.5 Å². The first-order chi connectivity index (χ1) is 9.04. The van der Waals surface area contributed by atoms with Crippen LogP contribution in [0.3, 0.4) is 0 Å². The number of nitrogens with zero attached hydrogens (tertiary/aromatic N) is 1. The lowest BCUT2D eigenvalue weighted by Crippen LogP contribution is -2.18. The highest BCUT2D eigenvalue weighted by Crippen LogP contribution is 2.35. The predicted octanol–water partition coefficient (Wildman–Crippen LogP) is 1.87. The SMILES string of the molecule is N#C/C(C(N)=O)=C1\NCC(c2c(Cl)cccc2Cl)O1. The van der Waals surface area contributed by atoms with Crippen LogP contribution in [0, 0.1) is 11.3 Å². The van der Waals surface area contributed by atoms with Gasteiger partial charge in [-0.15, -0.1) is 0 Å². The zero-order valence-electron chi connectivity index (χ0n) is 9.61. The van der Waals surface area contributed by atoms with Gasteiger partial charge in [0.05, 0.1) is 6.54 Å². The summed E-state index contributed by atoms with van der Waals surface area (Å²) in [7, 11) is 0. The monoisotopic (exact) mass is 297 g/mol. The van der Waals surface area contributed by atoms with E-state index >= 15 is 0 Å². The van der Waals surface area contributed by atoms with Gasteiger partial charge in [0.1, 0.15) is 12.2 Å². The van der Waals surface area contributed by atoms with Crippen molar-refractivity contribution in [2.45, 2.75) is 6.10 Å². The van der Waals surface area contributed by atoms with E-state index in [1.54, 1.807) is 24.3 Å². The zero-order valence-corrected chi connectivity index (χ0v) is 11.1. The number of ether oxygens (including phenoxy) is 1. The summed E-state index contributed by atoms with van der Waals surface area (Å²) < 4.78 is 5.50. The number of nitriles is 1. The number of carbonyl (C=O) groups excluding carboxylic acids is 1. The second kappa shape index (κ2) is 5.39. The van der Waals surface area contributed by atoms with E-state index in [0.29, 0.717) is 22.2 Å². The second-order valence-electron chi connectivity index (χ2n) is 3.80. The fourth-order valence-corrected chi connectivity index (χ4v) is 2.40. The van der Waals surface area contributed by atoms with Crippen molar-refractivity contribution < 1.29 is 9.53 Å². The molecule has 19 heavy (non-hydrogen) atoms. The van der Waals surface area contributed by atoms with Gasteiger partial charge in [0.2, 0.25) is 5.88 Å². The largest absolute Gasteiger partial charge is 0.468 e. The highest BCUT2D eigenvalue weighted by Gasteiger charge is 2.29. The Morgan fingerprint density at radius 2 is 2.11 bits per heavy atom. The molecule has 1 aromatic rings. The van der Waals surface area contributed by atoms with Crippen LogP contribution in [0.15, 0.2) is 29.7 Å². The maximum absolute atomic E-state index is 11.1. The first-order valence-corrected chi connectivity index (χ1v) is 6.08. The molecular weight excluding hydrogens is 289 g/mol. The number of carbonyl (C=O) groups is 1. The first-order valence-electron chi connectivity index (χ1n) is 5.33. The molecule has 5 nitrogen and oxygen atoms in total. The minimum absolute atomic E-state index is 0.0518. The van der Waals surface area contributed by atoms with E-state index in [9.17, 15) is 4.79 Å². The van der Waals surface area contributed by atoms with E-state index < -0.39 is 12.0 Å². The van der Waals surface area contributed by atoms with Crippen molar-refractivity contribution in [3.05, 3.63) is 45.3 Å². The highest BCUT2D eigenvalue weighted by atomic mass is 35.5. The molecule has 7 heteroatoms. The van der Waals surface area contributed by atoms with Gasteiger partial charge in [0, 0.05) is 15.6 Å². The smallest absolute Gasteiger partial charge is 0.264 e. The number of halogens is 2. The summed E-state index contributed by atoms with van der Waals surface area (Å²) in [5.41, 5.74) is 5.43. The van der Waals surface area contributed by atoms with Crippen LogP contribution in [0.5, 0.6) is 0 Å². The van der Waals surface area contributed by atoms with Crippen molar-refractivity contribution in [1.82, 2.24) is 5.32 Å². The standard InChI is InChI=1S/C12H9Cl2N3O2/c13-7-2-1-3-8(14)10(7)9-5-17-12(19-9)6(4-15)11(16)18/h1-3,9,17H,5H2,(H2,16,18)/b12-6-. The lowest BCUT2D eigenvalue weighted by molar-refractivity contribution is -0.114. The summed E-state index contributed by atoms with van der Waals surface area (Å²) in [4.78, 5) is 11.1. The summed E-state index contributed by atoms with van der Waals surface area (Å²) in [6, 6.07) is 6.79. The molecule has 1 unspecified atom stereocenters. The molecular formula is C12H9Cl2N3O2. The molecule has 1 fully saturated rings. The van der Waals surface area contributed by atoms with Gasteiger partial charge in [-0.3, -0.25) is 4.79 Å². The molecule has 0 bridgehead atoms. The van der Waals surface area contributed by atoms with Gasteiger partial charge in [-0.25, -0.2) is 0 Å². The molecule has 1 amide bonds. The average molecular weight is 298 g/mol. The molecule has 0 saturated carbocycles. The van der Waals surface area contributed by atoms with Gasteiger partial charge in [-0.05, 0) is 12.1 Å². The van der Waals surface area contributed by atoms with Crippen molar-refractivity contribution in [3.8, 4) is 6.07 Å². The molecule has 98 valence electrons. The van der Waals surface area contributed by atoms with Gasteiger partial charge in [0.15, 0.2) is 5.57 Å². The molecule has 1 atom stereocenters. The normalized spacial score (nSPS) is 20.2. The van der Waals surface area contributed by atoms with Crippen LogP contribution in [0.2, 0.25) is 10.0 Å². The van der Waals surface area contributed by atoms with E-state index in [-0.39, 0.29) is 11.5 Å². The Kier molecular flexibility index (Phi) is 3.84. The number of rotatable bonds is 2. The van der Waals surface area contributed by atoms with Gasteiger partial charge in [-0.1, -0.05) is 29.3 Å². The Hall–Kier alpha value is -1.90. The third kappa shape index (κ3) is 2.60. The van der Waals surface area contributed by atoms with Crippen molar-refractivity contribution >= 4 is 29.1 Å². The van der Waals surface area contributed by atoms with Crippen LogP contribution < -0.4 is 11.1 Å². The fraction of sp³-hybridized carbons (Fsp3) is 0.167. The molecule has 0 radical (unpaired) electrons. The van der Waals surface area contributed by atoms with Crippen LogP contribution in [-0.2, 0) is 9.53 Å². The second-order valence-corrected chi connectivity index (χ2v) is 4.62. The Morgan fingerprint density at radius 3 is 2.63 bits per heavy atom. The molecule has 0 aromatic heterocycles. The average Bonchev–Trinajstić information content (AvgIpc) is 2.78. The Balaban J connectivity index is 2.34. The molecule has 3 N–H and O–H groups in total. The number of amides is 1. The highest BCUT2D eigenvalue weighted by molar-refractivity contribution is 6.36. The summed E-state index contributed by atoms with van der Waals surface area (Å²) in [6.07, 6.45) is -0.473. The van der Waals surface area contributed by atoms with E-state index in [4.69, 9.17) is 38.9 Å². The first kappa shape index (κ1) is 13.5. The lowest BCUT2D eigenvalue weighted by Gasteiger charge is -2.13. The fourth-order valence-electron chi connectivity index (χ4n) is 1.76. The van der Waals surface area contributed by atoms with Gasteiger partial charge < -0.3 is 15.8 Å². The summed E-state index contributed by atoms with van der Waals surface area (Å²) in [5, 5.41) is 12.6. The molecule has 1 heterocycles. The molecule has 0 spiro atoms. The molecule has 1 aliphatic heterocycles. The summed E-state index contributed by atoms with van der Waals surface area (Å²) in [5.74, 6) is -0.799. The zero-order chi connectivity index (χ0) is 14.0. The van der Waals surface area contributed by atoms with Crippen LogP contribution in [0.4, 0.5) is 0 Å². The van der Waals surface area contributed by atoms with Gasteiger partial charge in [-0.2, -0.15) is 5.26 Å². The molecule has 0 aliphatic carbocycles. The minimum Gasteiger partial charge on any atom is -0.468 e. The maximum Gasteiger partial charge on any atom is 0.264 e. The molecule has 1 aromatic carbocycles. The minimum atomic E-state index is -0.851. The quantitative estimate of drug-likeness (QED) is 0.644. The van der Waals surface area contributed by atoms with Gasteiger partial charge in [0.25, 0.3) is 5.91 Å². The molecule has 1 saturated heterocycles. The van der Waals surface area contributed by atoms with E-state index in [0.717, 1.165) is 0 Å². The number of hydrogen-bond acceptors (Lipinski definition) is 4. The topological polar surface area (TPSA) is 88.1 Å². The number of nitrogens with one attached hydrogen (secondary N) is 1. The number of primary amides is 1. The lowest BCUT2D eigenvalue weighted by atomic mass is 10.1. The Labute approximate surface area is 119 Å².